The Labute approximate surface area is 128 Å². The summed E-state index contributed by atoms with van der Waals surface area (Å²) in [7, 11) is 1.67. The first-order chi connectivity index (χ1) is 10.8. The molecule has 22 heavy (non-hydrogen) atoms. The van der Waals surface area contributed by atoms with Crippen molar-refractivity contribution < 1.29 is 13.9 Å². The third-order valence-electron chi connectivity index (χ3n) is 4.50. The molecule has 0 bridgehead atoms. The van der Waals surface area contributed by atoms with Crippen LogP contribution in [0.5, 0.6) is 5.75 Å². The summed E-state index contributed by atoms with van der Waals surface area (Å²) < 4.78 is 11.1. The van der Waals surface area contributed by atoms with Crippen molar-refractivity contribution in [3.63, 3.8) is 0 Å². The molecule has 4 rings (SSSR count). The van der Waals surface area contributed by atoms with Crippen LogP contribution in [0.1, 0.15) is 24.3 Å². The number of rotatable bonds is 2. The van der Waals surface area contributed by atoms with E-state index in [2.05, 4.69) is 17.4 Å². The molecule has 0 aliphatic carbocycles. The minimum absolute atomic E-state index is 0.138. The number of ether oxygens (including phenoxy) is 1. The summed E-state index contributed by atoms with van der Waals surface area (Å²) in [5.41, 5.74) is 2.08. The minimum Gasteiger partial charge on any atom is -0.497 e. The number of hydrogen-bond acceptors (Lipinski definition) is 3. The van der Waals surface area contributed by atoms with Crippen LogP contribution in [-0.2, 0) is 4.79 Å². The summed E-state index contributed by atoms with van der Waals surface area (Å²) in [6, 6.07) is 10.1. The number of nitrogens with one attached hydrogen (secondary N) is 1. The van der Waals surface area contributed by atoms with Gasteiger partial charge in [-0.3, -0.25) is 4.79 Å². The van der Waals surface area contributed by atoms with Gasteiger partial charge in [-0.15, -0.1) is 0 Å². The monoisotopic (exact) mass is 295 g/mol. The van der Waals surface area contributed by atoms with Crippen molar-refractivity contribution in [1.29, 1.82) is 0 Å². The molecule has 1 aliphatic heterocycles. The van der Waals surface area contributed by atoms with Crippen LogP contribution in [-0.4, -0.2) is 19.6 Å². The van der Waals surface area contributed by atoms with E-state index in [9.17, 15) is 4.79 Å². The Morgan fingerprint density at radius 1 is 1.27 bits per heavy atom. The van der Waals surface area contributed by atoms with Crippen molar-refractivity contribution in [3.8, 4) is 5.75 Å². The largest absolute Gasteiger partial charge is 0.497 e. The van der Waals surface area contributed by atoms with Crippen LogP contribution in [0.3, 0.4) is 0 Å². The third kappa shape index (κ3) is 2.03. The molecule has 0 saturated carbocycles. The summed E-state index contributed by atoms with van der Waals surface area (Å²) in [5, 5.41) is 6.40. The Balaban J connectivity index is 1.88. The first kappa shape index (κ1) is 13.2. The van der Waals surface area contributed by atoms with E-state index in [1.807, 2.05) is 24.5 Å². The highest BCUT2D eigenvalue weighted by Gasteiger charge is 2.23. The second-order valence-electron chi connectivity index (χ2n) is 5.76. The SMILES string of the molecule is COc1ccc2c(ccc3occ(C4CCC(=O)NC4)c32)c1. The number of benzene rings is 2. The summed E-state index contributed by atoms with van der Waals surface area (Å²) in [6.45, 7) is 0.681. The fraction of sp³-hybridized carbons (Fsp3) is 0.278. The fourth-order valence-electron chi connectivity index (χ4n) is 3.30. The molecule has 2 aromatic carbocycles. The molecule has 112 valence electrons. The zero-order valence-electron chi connectivity index (χ0n) is 12.4. The molecule has 1 saturated heterocycles. The van der Waals surface area contributed by atoms with Crippen molar-refractivity contribution in [2.45, 2.75) is 18.8 Å². The van der Waals surface area contributed by atoms with E-state index in [1.165, 1.54) is 10.9 Å². The second kappa shape index (κ2) is 5.05. The molecule has 1 fully saturated rings. The zero-order valence-corrected chi connectivity index (χ0v) is 12.4. The first-order valence-corrected chi connectivity index (χ1v) is 7.51. The average Bonchev–Trinajstić information content (AvgIpc) is 2.99. The molecule has 2 heterocycles. The molecule has 4 nitrogen and oxygen atoms in total. The smallest absolute Gasteiger partial charge is 0.220 e. The molecule has 1 N–H and O–H groups in total. The van der Waals surface area contributed by atoms with Crippen LogP contribution in [0.25, 0.3) is 21.7 Å². The summed E-state index contributed by atoms with van der Waals surface area (Å²) in [6.07, 6.45) is 3.29. The van der Waals surface area contributed by atoms with Crippen LogP contribution in [0.2, 0.25) is 0 Å². The molecular weight excluding hydrogens is 278 g/mol. The van der Waals surface area contributed by atoms with Gasteiger partial charge in [-0.2, -0.15) is 0 Å². The van der Waals surface area contributed by atoms with E-state index in [4.69, 9.17) is 9.15 Å². The fourth-order valence-corrected chi connectivity index (χ4v) is 3.30. The molecule has 1 atom stereocenters. The van der Waals surface area contributed by atoms with Crippen molar-refractivity contribution in [2.75, 3.05) is 13.7 Å². The van der Waals surface area contributed by atoms with Gasteiger partial charge in [0.2, 0.25) is 5.91 Å². The van der Waals surface area contributed by atoms with Crippen LogP contribution in [0.4, 0.5) is 0 Å². The quantitative estimate of drug-likeness (QED) is 0.786. The van der Waals surface area contributed by atoms with E-state index >= 15 is 0 Å². The molecule has 4 heteroatoms. The topological polar surface area (TPSA) is 51.5 Å². The number of carbonyl (C=O) groups excluding carboxylic acids is 1. The van der Waals surface area contributed by atoms with Gasteiger partial charge < -0.3 is 14.5 Å². The molecule has 0 spiro atoms. The van der Waals surface area contributed by atoms with E-state index in [1.54, 1.807) is 7.11 Å². The van der Waals surface area contributed by atoms with Gasteiger partial charge in [0.1, 0.15) is 11.3 Å². The maximum Gasteiger partial charge on any atom is 0.220 e. The molecule has 1 amide bonds. The second-order valence-corrected chi connectivity index (χ2v) is 5.76. The van der Waals surface area contributed by atoms with Gasteiger partial charge in [0, 0.05) is 29.8 Å². The van der Waals surface area contributed by atoms with E-state index in [-0.39, 0.29) is 5.91 Å². The first-order valence-electron chi connectivity index (χ1n) is 7.51. The zero-order chi connectivity index (χ0) is 15.1. The van der Waals surface area contributed by atoms with Gasteiger partial charge in [-0.1, -0.05) is 6.07 Å². The number of piperidine rings is 1. The number of furan rings is 1. The normalized spacial score (nSPS) is 18.6. The van der Waals surface area contributed by atoms with Gasteiger partial charge >= 0.3 is 0 Å². The van der Waals surface area contributed by atoms with Crippen molar-refractivity contribution >= 4 is 27.6 Å². The Kier molecular flexibility index (Phi) is 3.03. The van der Waals surface area contributed by atoms with Crippen LogP contribution < -0.4 is 10.1 Å². The molecule has 1 aliphatic rings. The summed E-state index contributed by atoms with van der Waals surface area (Å²) in [5.74, 6) is 1.30. The predicted octanol–water partition coefficient (Wildman–Crippen LogP) is 3.59. The van der Waals surface area contributed by atoms with Gasteiger partial charge in [-0.05, 0) is 41.5 Å². The van der Waals surface area contributed by atoms with E-state index in [0.29, 0.717) is 18.9 Å². The maximum absolute atomic E-state index is 11.4. The molecule has 0 radical (unpaired) electrons. The van der Waals surface area contributed by atoms with Crippen molar-refractivity contribution in [2.24, 2.45) is 0 Å². The van der Waals surface area contributed by atoms with Crippen LogP contribution >= 0.6 is 0 Å². The summed E-state index contributed by atoms with van der Waals surface area (Å²) >= 11 is 0. The highest BCUT2D eigenvalue weighted by Crippen LogP contribution is 2.37. The highest BCUT2D eigenvalue weighted by atomic mass is 16.5. The van der Waals surface area contributed by atoms with Gasteiger partial charge in [0.05, 0.1) is 13.4 Å². The molecule has 1 unspecified atom stereocenters. The summed E-state index contributed by atoms with van der Waals surface area (Å²) in [4.78, 5) is 11.4. The van der Waals surface area contributed by atoms with E-state index in [0.717, 1.165) is 28.5 Å². The van der Waals surface area contributed by atoms with Gasteiger partial charge in [0.25, 0.3) is 0 Å². The Morgan fingerprint density at radius 3 is 2.95 bits per heavy atom. The Hall–Kier alpha value is -2.49. The average molecular weight is 295 g/mol. The minimum atomic E-state index is 0.138. The number of amides is 1. The molecule has 1 aromatic heterocycles. The molecular formula is C18H17NO3. The Morgan fingerprint density at radius 2 is 2.18 bits per heavy atom. The van der Waals surface area contributed by atoms with Crippen LogP contribution in [0.15, 0.2) is 41.0 Å². The van der Waals surface area contributed by atoms with Crippen molar-refractivity contribution in [1.82, 2.24) is 5.32 Å². The lowest BCUT2D eigenvalue weighted by Gasteiger charge is -2.21. The lowest BCUT2D eigenvalue weighted by molar-refractivity contribution is -0.122. The lowest BCUT2D eigenvalue weighted by Crippen LogP contribution is -2.33. The van der Waals surface area contributed by atoms with Crippen LogP contribution in [0, 0.1) is 0 Å². The number of fused-ring (bicyclic) bond motifs is 3. The third-order valence-corrected chi connectivity index (χ3v) is 4.50. The number of methoxy groups -OCH3 is 1. The number of carbonyl (C=O) groups is 1. The molecule has 3 aromatic rings. The Bertz CT molecular complexity index is 855. The van der Waals surface area contributed by atoms with E-state index < -0.39 is 0 Å². The standard InChI is InChI=1S/C18H17NO3/c1-21-13-4-5-14-11(8-13)2-6-16-18(14)15(10-22-16)12-3-7-17(20)19-9-12/h2,4-6,8,10,12H,3,7,9H2,1H3,(H,19,20). The lowest BCUT2D eigenvalue weighted by atomic mass is 9.89. The highest BCUT2D eigenvalue weighted by molar-refractivity contribution is 6.08. The maximum atomic E-state index is 11.4. The van der Waals surface area contributed by atoms with Gasteiger partial charge in [0.15, 0.2) is 0 Å². The number of hydrogen-bond donors (Lipinski definition) is 1. The van der Waals surface area contributed by atoms with Crippen molar-refractivity contribution in [3.05, 3.63) is 42.2 Å². The predicted molar refractivity (Wildman–Crippen MR) is 85.3 cm³/mol. The van der Waals surface area contributed by atoms with Gasteiger partial charge in [-0.25, -0.2) is 0 Å².